The molecule has 0 bridgehead atoms. The Morgan fingerprint density at radius 2 is 2.43 bits per heavy atom. The number of hydrazone groups is 1. The molecule has 76 valence electrons. The van der Waals surface area contributed by atoms with Crippen molar-refractivity contribution in [2.45, 2.75) is 6.61 Å². The van der Waals surface area contributed by atoms with E-state index >= 15 is 0 Å². The van der Waals surface area contributed by atoms with Gasteiger partial charge in [-0.25, -0.2) is 20.2 Å². The summed E-state index contributed by atoms with van der Waals surface area (Å²) in [4.78, 5) is 3.69. The number of rotatable bonds is 3. The minimum atomic E-state index is -0.654. The summed E-state index contributed by atoms with van der Waals surface area (Å²) in [6, 6.07) is 1.13. The van der Waals surface area contributed by atoms with Gasteiger partial charge in [0.05, 0.1) is 6.61 Å². The number of nitrogens with two attached hydrogens (primary N) is 2. The fourth-order valence-corrected chi connectivity index (χ4v) is 0.873. The number of aromatic nitrogens is 1. The zero-order valence-electron chi connectivity index (χ0n) is 7.26. The van der Waals surface area contributed by atoms with Crippen molar-refractivity contribution in [2.24, 2.45) is 16.8 Å². The molecule has 0 unspecified atom stereocenters. The van der Waals surface area contributed by atoms with Crippen LogP contribution in [0.1, 0.15) is 5.56 Å². The average Bonchev–Trinajstić information content (AvgIpc) is 2.17. The number of nitrogens with zero attached hydrogens (tertiary/aromatic N) is 3. The van der Waals surface area contributed by atoms with Gasteiger partial charge in [0.15, 0.2) is 11.6 Å². The molecule has 1 aromatic rings. The summed E-state index contributed by atoms with van der Waals surface area (Å²) in [5.41, 5.74) is 0.365. The minimum Gasteiger partial charge on any atom is -0.392 e. The van der Waals surface area contributed by atoms with Crippen molar-refractivity contribution in [3.8, 4) is 0 Å². The van der Waals surface area contributed by atoms with E-state index in [-0.39, 0.29) is 12.4 Å². The highest BCUT2D eigenvalue weighted by molar-refractivity contribution is 5.75. The van der Waals surface area contributed by atoms with Crippen LogP contribution < -0.4 is 16.7 Å². The Bertz CT molecular complexity index is 343. The van der Waals surface area contributed by atoms with E-state index in [4.69, 9.17) is 16.8 Å². The normalized spacial score (nSPS) is 10.8. The highest BCUT2D eigenvalue weighted by atomic mass is 19.1. The van der Waals surface area contributed by atoms with Gasteiger partial charge in [-0.05, 0) is 11.6 Å². The third-order valence-corrected chi connectivity index (χ3v) is 1.50. The Balaban J connectivity index is 2.99. The maximum atomic E-state index is 13.2. The fourth-order valence-electron chi connectivity index (χ4n) is 0.873. The van der Waals surface area contributed by atoms with Crippen molar-refractivity contribution >= 4 is 12.2 Å². The number of anilines is 1. The van der Waals surface area contributed by atoms with Gasteiger partial charge in [-0.1, -0.05) is 0 Å². The summed E-state index contributed by atoms with van der Waals surface area (Å²) >= 11 is 0. The van der Waals surface area contributed by atoms with Crippen LogP contribution in [0.15, 0.2) is 17.4 Å². The zero-order valence-corrected chi connectivity index (χ0v) is 7.26. The zero-order chi connectivity index (χ0) is 10.6. The lowest BCUT2D eigenvalue weighted by atomic mass is 10.3. The van der Waals surface area contributed by atoms with Gasteiger partial charge in [0.1, 0.15) is 6.34 Å². The maximum Gasteiger partial charge on any atom is 0.184 e. The molecule has 1 heterocycles. The van der Waals surface area contributed by atoms with E-state index in [0.717, 1.165) is 17.4 Å². The van der Waals surface area contributed by atoms with Crippen LogP contribution >= 0.6 is 0 Å². The number of aliphatic hydroxyl groups excluding tert-OH is 1. The predicted octanol–water partition coefficient (Wildman–Crippen LogP) is -0.705. The van der Waals surface area contributed by atoms with Gasteiger partial charge >= 0.3 is 0 Å². The maximum absolute atomic E-state index is 13.2. The highest BCUT2D eigenvalue weighted by Crippen LogP contribution is 2.13. The number of pyridine rings is 1. The molecule has 0 aliphatic heterocycles. The molecule has 0 radical (unpaired) electrons. The third kappa shape index (κ3) is 2.15. The highest BCUT2D eigenvalue weighted by Gasteiger charge is 2.08. The van der Waals surface area contributed by atoms with Crippen molar-refractivity contribution < 1.29 is 9.50 Å². The molecule has 0 saturated carbocycles. The molecule has 5 N–H and O–H groups in total. The molecule has 1 aromatic heterocycles. The Hall–Kier alpha value is -1.73. The first kappa shape index (κ1) is 10.4. The van der Waals surface area contributed by atoms with Crippen molar-refractivity contribution in [1.82, 2.24) is 4.98 Å². The number of halogens is 1. The van der Waals surface area contributed by atoms with Crippen LogP contribution in [0.2, 0.25) is 0 Å². The first-order valence-corrected chi connectivity index (χ1v) is 3.71. The molecular formula is C7H10FN5O. The van der Waals surface area contributed by atoms with Crippen molar-refractivity contribution in [3.63, 3.8) is 0 Å². The van der Waals surface area contributed by atoms with Crippen molar-refractivity contribution in [3.05, 3.63) is 23.6 Å². The average molecular weight is 199 g/mol. The lowest BCUT2D eigenvalue weighted by molar-refractivity contribution is 0.280. The molecule has 6 nitrogen and oxygen atoms in total. The molecule has 0 aliphatic rings. The van der Waals surface area contributed by atoms with E-state index in [1.54, 1.807) is 0 Å². The smallest absolute Gasteiger partial charge is 0.184 e. The van der Waals surface area contributed by atoms with Crippen LogP contribution in [0.25, 0.3) is 0 Å². The fraction of sp³-hybridized carbons (Fsp3) is 0.143. The van der Waals surface area contributed by atoms with Gasteiger partial charge in [-0.3, -0.25) is 0 Å². The van der Waals surface area contributed by atoms with Crippen LogP contribution in [-0.2, 0) is 6.61 Å². The molecule has 1 rings (SSSR count). The lowest BCUT2D eigenvalue weighted by Gasteiger charge is -2.11. The Morgan fingerprint density at radius 3 is 2.93 bits per heavy atom. The molecular weight excluding hydrogens is 189 g/mol. The molecule has 0 saturated heterocycles. The number of aliphatic hydroxyl groups is 1. The largest absolute Gasteiger partial charge is 0.392 e. The second-order valence-electron chi connectivity index (χ2n) is 2.48. The van der Waals surface area contributed by atoms with Crippen LogP contribution in [0.3, 0.4) is 0 Å². The SMILES string of the molecule is N/N=C\N(N)c1ncc(CO)cc1F. The Kier molecular flexibility index (Phi) is 3.32. The summed E-state index contributed by atoms with van der Waals surface area (Å²) in [7, 11) is 0. The van der Waals surface area contributed by atoms with Crippen LogP contribution in [0, 0.1) is 5.82 Å². The van der Waals surface area contributed by atoms with Crippen LogP contribution in [-0.4, -0.2) is 16.4 Å². The first-order valence-electron chi connectivity index (χ1n) is 3.71. The van der Waals surface area contributed by atoms with E-state index in [9.17, 15) is 4.39 Å². The monoisotopic (exact) mass is 199 g/mol. The standard InChI is InChI=1S/C7H10FN5O/c8-6-1-5(3-14)2-11-7(6)13(10)4-12-9/h1-2,4,14H,3,9-10H2/b12-4-. The van der Waals surface area contributed by atoms with Gasteiger partial charge < -0.3 is 10.9 Å². The molecule has 0 atom stereocenters. The summed E-state index contributed by atoms with van der Waals surface area (Å²) < 4.78 is 13.2. The van der Waals surface area contributed by atoms with Crippen molar-refractivity contribution in [2.75, 3.05) is 5.01 Å². The van der Waals surface area contributed by atoms with Gasteiger partial charge in [-0.2, -0.15) is 5.10 Å². The second-order valence-corrected chi connectivity index (χ2v) is 2.48. The molecule has 7 heteroatoms. The Morgan fingerprint density at radius 1 is 1.71 bits per heavy atom. The summed E-state index contributed by atoms with van der Waals surface area (Å²) in [5, 5.41) is 12.7. The van der Waals surface area contributed by atoms with E-state index in [1.165, 1.54) is 6.20 Å². The Labute approximate surface area is 79.6 Å². The van der Waals surface area contributed by atoms with Crippen LogP contribution in [0.5, 0.6) is 0 Å². The second kappa shape index (κ2) is 4.49. The van der Waals surface area contributed by atoms with E-state index < -0.39 is 5.82 Å². The van der Waals surface area contributed by atoms with E-state index in [1.807, 2.05) is 0 Å². The van der Waals surface area contributed by atoms with Gasteiger partial charge in [0.2, 0.25) is 0 Å². The van der Waals surface area contributed by atoms with Crippen molar-refractivity contribution in [1.29, 1.82) is 0 Å². The lowest BCUT2D eigenvalue weighted by Crippen LogP contribution is -2.31. The molecule has 0 aromatic carbocycles. The third-order valence-electron chi connectivity index (χ3n) is 1.50. The number of hydrogen-bond donors (Lipinski definition) is 3. The van der Waals surface area contributed by atoms with Gasteiger partial charge in [0.25, 0.3) is 0 Å². The summed E-state index contributed by atoms with van der Waals surface area (Å²) in [6.45, 7) is -0.278. The minimum absolute atomic E-state index is 0.114. The van der Waals surface area contributed by atoms with Gasteiger partial charge in [0, 0.05) is 6.20 Å². The molecule has 0 aliphatic carbocycles. The first-order chi connectivity index (χ1) is 6.69. The summed E-state index contributed by atoms with van der Waals surface area (Å²) in [6.07, 6.45) is 2.33. The molecule has 0 fully saturated rings. The predicted molar refractivity (Wildman–Crippen MR) is 49.5 cm³/mol. The quantitative estimate of drug-likeness (QED) is 0.258. The number of hydrazine groups is 1. The number of hydrogen-bond acceptors (Lipinski definition) is 5. The van der Waals surface area contributed by atoms with E-state index in [0.29, 0.717) is 5.56 Å². The topological polar surface area (TPSA) is 101 Å². The molecule has 0 spiro atoms. The summed E-state index contributed by atoms with van der Waals surface area (Å²) in [5.74, 6) is 9.40. The van der Waals surface area contributed by atoms with Gasteiger partial charge in [-0.15, -0.1) is 0 Å². The van der Waals surface area contributed by atoms with Crippen LogP contribution in [0.4, 0.5) is 10.2 Å². The van der Waals surface area contributed by atoms with E-state index in [2.05, 4.69) is 10.1 Å². The molecule has 14 heavy (non-hydrogen) atoms. The molecule has 0 amide bonds.